The Balaban J connectivity index is 1.91. The number of fused-ring (bicyclic) bond motifs is 2. The summed E-state index contributed by atoms with van der Waals surface area (Å²) >= 11 is 0. The number of phenolic OH excluding ortho intramolecular Hbond substituents is 2. The molecule has 0 saturated carbocycles. The molecule has 28 heavy (non-hydrogen) atoms. The summed E-state index contributed by atoms with van der Waals surface area (Å²) < 4.78 is 0. The SMILES string of the molecule is Oc1ccccc1-c1cc2ccccc2c(-c2c(O)ccc3ccccc23)n1. The molecule has 0 spiro atoms. The van der Waals surface area contributed by atoms with Crippen molar-refractivity contribution < 1.29 is 10.2 Å². The van der Waals surface area contributed by atoms with Crippen LogP contribution in [0.3, 0.4) is 0 Å². The van der Waals surface area contributed by atoms with Gasteiger partial charge in [0.1, 0.15) is 11.5 Å². The molecule has 5 aromatic rings. The van der Waals surface area contributed by atoms with Gasteiger partial charge in [-0.2, -0.15) is 0 Å². The van der Waals surface area contributed by atoms with E-state index in [0.717, 1.165) is 21.5 Å². The molecule has 2 N–H and O–H groups in total. The molecule has 0 atom stereocenters. The number of aromatic hydroxyl groups is 2. The summed E-state index contributed by atoms with van der Waals surface area (Å²) in [5.41, 5.74) is 2.73. The highest BCUT2D eigenvalue weighted by Gasteiger charge is 2.16. The number of benzene rings is 4. The zero-order valence-electron chi connectivity index (χ0n) is 15.0. The van der Waals surface area contributed by atoms with Crippen molar-refractivity contribution in [3.63, 3.8) is 0 Å². The Morgan fingerprint density at radius 3 is 2.07 bits per heavy atom. The summed E-state index contributed by atoms with van der Waals surface area (Å²) in [6, 6.07) is 28.7. The van der Waals surface area contributed by atoms with Gasteiger partial charge in [-0.3, -0.25) is 0 Å². The van der Waals surface area contributed by atoms with E-state index in [1.165, 1.54) is 0 Å². The highest BCUT2D eigenvalue weighted by molar-refractivity contribution is 6.07. The number of phenols is 2. The molecule has 5 rings (SSSR count). The maximum Gasteiger partial charge on any atom is 0.125 e. The van der Waals surface area contributed by atoms with Crippen molar-refractivity contribution >= 4 is 21.5 Å². The van der Waals surface area contributed by atoms with Gasteiger partial charge in [0.25, 0.3) is 0 Å². The molecule has 1 aromatic heterocycles. The molecule has 0 radical (unpaired) electrons. The third kappa shape index (κ3) is 2.57. The second-order valence-corrected chi connectivity index (χ2v) is 6.78. The number of hydrogen-bond donors (Lipinski definition) is 2. The molecule has 0 aliphatic carbocycles. The maximum absolute atomic E-state index is 10.7. The molecule has 3 heteroatoms. The van der Waals surface area contributed by atoms with Crippen LogP contribution < -0.4 is 0 Å². The summed E-state index contributed by atoms with van der Waals surface area (Å²) in [4.78, 5) is 4.89. The first-order valence-electron chi connectivity index (χ1n) is 9.11. The molecule has 134 valence electrons. The molecule has 3 nitrogen and oxygen atoms in total. The van der Waals surface area contributed by atoms with Crippen molar-refractivity contribution in [1.82, 2.24) is 4.98 Å². The van der Waals surface area contributed by atoms with Gasteiger partial charge in [0.2, 0.25) is 0 Å². The average molecular weight is 363 g/mol. The van der Waals surface area contributed by atoms with Crippen LogP contribution in [0.1, 0.15) is 0 Å². The first kappa shape index (κ1) is 16.3. The largest absolute Gasteiger partial charge is 0.507 e. The van der Waals surface area contributed by atoms with Crippen molar-refractivity contribution in [1.29, 1.82) is 0 Å². The van der Waals surface area contributed by atoms with Gasteiger partial charge in [0.05, 0.1) is 17.0 Å². The minimum Gasteiger partial charge on any atom is -0.507 e. The number of rotatable bonds is 2. The standard InChI is InChI=1S/C25H17NO2/c27-22-12-6-5-11-20(22)21-15-17-8-2-4-10-19(17)25(26-21)24-18-9-3-1-7-16(18)13-14-23(24)28/h1-15,27-28H. The van der Waals surface area contributed by atoms with Crippen LogP contribution >= 0.6 is 0 Å². The summed E-state index contributed by atoms with van der Waals surface area (Å²) in [5, 5.41) is 25.0. The van der Waals surface area contributed by atoms with E-state index >= 15 is 0 Å². The summed E-state index contributed by atoms with van der Waals surface area (Å²) in [7, 11) is 0. The minimum atomic E-state index is 0.179. The molecule has 0 saturated heterocycles. The Bertz CT molecular complexity index is 1340. The Labute approximate surface area is 162 Å². The third-order valence-electron chi connectivity index (χ3n) is 5.06. The molecular formula is C25H17NO2. The van der Waals surface area contributed by atoms with Crippen molar-refractivity contribution in [3.8, 4) is 34.0 Å². The van der Waals surface area contributed by atoms with Gasteiger partial charge in [0.15, 0.2) is 0 Å². The second kappa shape index (κ2) is 6.39. The monoisotopic (exact) mass is 363 g/mol. The van der Waals surface area contributed by atoms with Gasteiger partial charge < -0.3 is 10.2 Å². The molecule has 0 aliphatic rings. The molecular weight excluding hydrogens is 346 g/mol. The smallest absolute Gasteiger partial charge is 0.125 e. The van der Waals surface area contributed by atoms with Gasteiger partial charge in [-0.05, 0) is 40.4 Å². The molecule has 1 heterocycles. The van der Waals surface area contributed by atoms with Crippen LogP contribution in [0.4, 0.5) is 0 Å². The third-order valence-corrected chi connectivity index (χ3v) is 5.06. The maximum atomic E-state index is 10.7. The molecule has 4 aromatic carbocycles. The van der Waals surface area contributed by atoms with E-state index in [0.29, 0.717) is 22.5 Å². The normalized spacial score (nSPS) is 11.1. The van der Waals surface area contributed by atoms with Crippen LogP contribution in [0.5, 0.6) is 11.5 Å². The van der Waals surface area contributed by atoms with Gasteiger partial charge in [-0.25, -0.2) is 4.98 Å². The number of hydrogen-bond acceptors (Lipinski definition) is 3. The molecule has 0 amide bonds. The van der Waals surface area contributed by atoms with E-state index < -0.39 is 0 Å². The van der Waals surface area contributed by atoms with Crippen molar-refractivity contribution in [3.05, 3.63) is 91.0 Å². The minimum absolute atomic E-state index is 0.179. The number of para-hydroxylation sites is 1. The fourth-order valence-electron chi connectivity index (χ4n) is 3.73. The fourth-order valence-corrected chi connectivity index (χ4v) is 3.73. The highest BCUT2D eigenvalue weighted by Crippen LogP contribution is 2.40. The summed E-state index contributed by atoms with van der Waals surface area (Å²) in [6.45, 7) is 0. The van der Waals surface area contributed by atoms with Crippen LogP contribution in [-0.4, -0.2) is 15.2 Å². The first-order chi connectivity index (χ1) is 13.7. The lowest BCUT2D eigenvalue weighted by atomic mass is 9.96. The predicted molar refractivity (Wildman–Crippen MR) is 113 cm³/mol. The molecule has 0 aliphatic heterocycles. The zero-order chi connectivity index (χ0) is 19.1. The van der Waals surface area contributed by atoms with Gasteiger partial charge in [-0.1, -0.05) is 66.7 Å². The lowest BCUT2D eigenvalue weighted by molar-refractivity contribution is 0.477. The second-order valence-electron chi connectivity index (χ2n) is 6.78. The van der Waals surface area contributed by atoms with Crippen LogP contribution in [0.15, 0.2) is 91.0 Å². The Morgan fingerprint density at radius 1 is 0.571 bits per heavy atom. The number of pyridine rings is 1. The van der Waals surface area contributed by atoms with Crippen LogP contribution in [0.2, 0.25) is 0 Å². The van der Waals surface area contributed by atoms with E-state index in [1.54, 1.807) is 18.2 Å². The predicted octanol–water partition coefficient (Wildman–Crippen LogP) is 6.13. The van der Waals surface area contributed by atoms with Gasteiger partial charge in [0, 0.05) is 10.9 Å². The summed E-state index contributed by atoms with van der Waals surface area (Å²) in [5.74, 6) is 0.365. The van der Waals surface area contributed by atoms with Crippen LogP contribution in [0, 0.1) is 0 Å². The fraction of sp³-hybridized carbons (Fsp3) is 0. The number of aromatic nitrogens is 1. The average Bonchev–Trinajstić information content (AvgIpc) is 2.73. The lowest BCUT2D eigenvalue weighted by Gasteiger charge is -2.14. The number of nitrogens with zero attached hydrogens (tertiary/aromatic N) is 1. The molecule has 0 fully saturated rings. The van der Waals surface area contributed by atoms with Crippen LogP contribution in [0.25, 0.3) is 44.1 Å². The topological polar surface area (TPSA) is 53.4 Å². The van der Waals surface area contributed by atoms with E-state index in [9.17, 15) is 10.2 Å². The quantitative estimate of drug-likeness (QED) is 0.396. The van der Waals surface area contributed by atoms with Crippen molar-refractivity contribution in [2.24, 2.45) is 0 Å². The van der Waals surface area contributed by atoms with Gasteiger partial charge >= 0.3 is 0 Å². The van der Waals surface area contributed by atoms with E-state index in [4.69, 9.17) is 4.98 Å². The van der Waals surface area contributed by atoms with E-state index in [2.05, 4.69) is 0 Å². The Hall–Kier alpha value is -3.85. The molecule has 0 bridgehead atoms. The Kier molecular flexibility index (Phi) is 3.73. The first-order valence-corrected chi connectivity index (χ1v) is 9.11. The summed E-state index contributed by atoms with van der Waals surface area (Å²) in [6.07, 6.45) is 0. The van der Waals surface area contributed by atoms with Gasteiger partial charge in [-0.15, -0.1) is 0 Å². The van der Waals surface area contributed by atoms with E-state index in [1.807, 2.05) is 72.8 Å². The molecule has 0 unspecified atom stereocenters. The van der Waals surface area contributed by atoms with E-state index in [-0.39, 0.29) is 11.5 Å². The lowest BCUT2D eigenvalue weighted by Crippen LogP contribution is -1.93. The van der Waals surface area contributed by atoms with Crippen molar-refractivity contribution in [2.45, 2.75) is 0 Å². The van der Waals surface area contributed by atoms with Crippen LogP contribution in [-0.2, 0) is 0 Å². The highest BCUT2D eigenvalue weighted by atomic mass is 16.3. The zero-order valence-corrected chi connectivity index (χ0v) is 15.0. The van der Waals surface area contributed by atoms with Crippen molar-refractivity contribution in [2.75, 3.05) is 0 Å². The Morgan fingerprint density at radius 2 is 1.25 bits per heavy atom.